The third-order valence-corrected chi connectivity index (χ3v) is 7.34. The molecule has 2 N–H and O–H groups in total. The van der Waals surface area contributed by atoms with Gasteiger partial charge < -0.3 is 15.3 Å². The van der Waals surface area contributed by atoms with E-state index in [1.165, 1.54) is 5.56 Å². The van der Waals surface area contributed by atoms with Crippen LogP contribution in [-0.2, 0) is 10.8 Å². The summed E-state index contributed by atoms with van der Waals surface area (Å²) in [5.74, 6) is 1.75. The van der Waals surface area contributed by atoms with E-state index in [4.69, 9.17) is 16.6 Å². The lowest BCUT2D eigenvalue weighted by molar-refractivity contribution is 0.143. The molecule has 2 aliphatic rings. The van der Waals surface area contributed by atoms with Gasteiger partial charge in [-0.3, -0.25) is 4.21 Å². The van der Waals surface area contributed by atoms with Gasteiger partial charge in [-0.15, -0.1) is 0 Å². The van der Waals surface area contributed by atoms with Crippen molar-refractivity contribution in [1.29, 1.82) is 0 Å². The van der Waals surface area contributed by atoms with Gasteiger partial charge in [-0.05, 0) is 55.7 Å². The zero-order valence-electron chi connectivity index (χ0n) is 16.6. The van der Waals surface area contributed by atoms with Crippen LogP contribution in [0.5, 0.6) is 0 Å². The average Bonchev–Trinajstić information content (AvgIpc) is 2.71. The largest absolute Gasteiger partial charge is 0.394 e. The molecule has 2 heterocycles. The number of aliphatic hydroxyl groups is 1. The quantitative estimate of drug-likeness (QED) is 0.723. The molecule has 8 heteroatoms. The van der Waals surface area contributed by atoms with E-state index >= 15 is 0 Å². The molecule has 1 aromatic carbocycles. The molecular formula is C21H27ClN4O2S. The second-order valence-electron chi connectivity index (χ2n) is 8.07. The standard InChI is InChI=1S/C21H27ClN4O2S/c1-29(28)18-13-23-20(24-19(18)25-21(14-27)9-2-10-21)26-11-7-16(8-12-26)15-3-5-17(22)6-4-15/h3-6,13,16,27H,2,7-12,14H2,1H3,(H,23,24,25)/t29-/m1/s1. The van der Waals surface area contributed by atoms with Crippen molar-refractivity contribution in [3.63, 3.8) is 0 Å². The van der Waals surface area contributed by atoms with Crippen molar-refractivity contribution in [3.05, 3.63) is 41.0 Å². The number of nitrogens with one attached hydrogen (secondary N) is 1. The molecule has 0 unspecified atom stereocenters. The third kappa shape index (κ3) is 4.42. The summed E-state index contributed by atoms with van der Waals surface area (Å²) in [7, 11) is -1.20. The molecule has 1 aliphatic carbocycles. The van der Waals surface area contributed by atoms with Crippen molar-refractivity contribution in [2.45, 2.75) is 48.5 Å². The van der Waals surface area contributed by atoms with Gasteiger partial charge in [0, 0.05) is 24.4 Å². The molecule has 6 nitrogen and oxygen atoms in total. The van der Waals surface area contributed by atoms with E-state index < -0.39 is 10.8 Å². The molecule has 0 radical (unpaired) electrons. The molecule has 1 saturated carbocycles. The zero-order valence-corrected chi connectivity index (χ0v) is 18.2. The minimum absolute atomic E-state index is 0.0502. The zero-order chi connectivity index (χ0) is 20.4. The van der Waals surface area contributed by atoms with Crippen molar-refractivity contribution in [3.8, 4) is 0 Å². The van der Waals surface area contributed by atoms with Crippen molar-refractivity contribution in [2.75, 3.05) is 36.2 Å². The van der Waals surface area contributed by atoms with Gasteiger partial charge in [0.1, 0.15) is 5.82 Å². The van der Waals surface area contributed by atoms with Crippen LogP contribution in [0.15, 0.2) is 35.4 Å². The fourth-order valence-electron chi connectivity index (χ4n) is 4.14. The Balaban J connectivity index is 1.49. The molecule has 1 aromatic heterocycles. The molecular weight excluding hydrogens is 408 g/mol. The summed E-state index contributed by atoms with van der Waals surface area (Å²) in [4.78, 5) is 12.0. The van der Waals surface area contributed by atoms with E-state index in [0.717, 1.165) is 50.2 Å². The summed E-state index contributed by atoms with van der Waals surface area (Å²) in [6.07, 6.45) is 8.21. The number of aromatic nitrogens is 2. The van der Waals surface area contributed by atoms with E-state index in [1.807, 2.05) is 12.1 Å². The van der Waals surface area contributed by atoms with E-state index in [1.54, 1.807) is 12.5 Å². The van der Waals surface area contributed by atoms with Gasteiger partial charge in [-0.2, -0.15) is 4.98 Å². The van der Waals surface area contributed by atoms with Gasteiger partial charge in [0.25, 0.3) is 0 Å². The Kier molecular flexibility index (Phi) is 6.08. The molecule has 29 heavy (non-hydrogen) atoms. The number of nitrogens with zero attached hydrogens (tertiary/aromatic N) is 3. The number of anilines is 2. The maximum atomic E-state index is 12.2. The number of benzene rings is 1. The van der Waals surface area contributed by atoms with Crippen molar-refractivity contribution < 1.29 is 9.32 Å². The Bertz CT molecular complexity index is 875. The lowest BCUT2D eigenvalue weighted by atomic mass is 9.77. The molecule has 0 spiro atoms. The smallest absolute Gasteiger partial charge is 0.227 e. The fourth-order valence-corrected chi connectivity index (χ4v) is 4.83. The van der Waals surface area contributed by atoms with Gasteiger partial charge in [0.15, 0.2) is 0 Å². The van der Waals surface area contributed by atoms with Gasteiger partial charge in [-0.25, -0.2) is 4.98 Å². The van der Waals surface area contributed by atoms with Crippen LogP contribution >= 0.6 is 11.6 Å². The lowest BCUT2D eigenvalue weighted by Crippen LogP contribution is -2.48. The second-order valence-corrected chi connectivity index (χ2v) is 9.85. The highest BCUT2D eigenvalue weighted by atomic mass is 35.5. The predicted octanol–water partition coefficient (Wildman–Crippen LogP) is 3.58. The molecule has 4 rings (SSSR count). The first-order chi connectivity index (χ1) is 14.0. The Morgan fingerprint density at radius 3 is 2.52 bits per heavy atom. The summed E-state index contributed by atoms with van der Waals surface area (Å²) in [5, 5.41) is 13.9. The van der Waals surface area contributed by atoms with E-state index in [9.17, 15) is 9.32 Å². The van der Waals surface area contributed by atoms with Gasteiger partial charge in [0.05, 0.1) is 34.0 Å². The summed E-state index contributed by atoms with van der Waals surface area (Å²) < 4.78 is 12.2. The van der Waals surface area contributed by atoms with Crippen LogP contribution in [0.25, 0.3) is 0 Å². The number of piperidine rings is 1. The number of rotatable bonds is 6. The summed E-state index contributed by atoms with van der Waals surface area (Å²) in [5.41, 5.74) is 0.977. The molecule has 0 amide bonds. The van der Waals surface area contributed by atoms with Crippen LogP contribution in [-0.4, -0.2) is 50.8 Å². The van der Waals surface area contributed by atoms with E-state index in [-0.39, 0.29) is 12.1 Å². The number of aliphatic hydroxyl groups excluding tert-OH is 1. The fraction of sp³-hybridized carbons (Fsp3) is 0.524. The number of hydrogen-bond acceptors (Lipinski definition) is 6. The highest BCUT2D eigenvalue weighted by Crippen LogP contribution is 2.36. The normalized spacial score (nSPS) is 20.2. The Hall–Kier alpha value is -1.70. The van der Waals surface area contributed by atoms with Crippen LogP contribution < -0.4 is 10.2 Å². The van der Waals surface area contributed by atoms with Gasteiger partial charge in [-0.1, -0.05) is 23.7 Å². The molecule has 0 bridgehead atoms. The first kappa shape index (κ1) is 20.6. The van der Waals surface area contributed by atoms with Gasteiger partial charge in [0.2, 0.25) is 5.95 Å². The highest BCUT2D eigenvalue weighted by molar-refractivity contribution is 7.84. The topological polar surface area (TPSA) is 78.4 Å². The Morgan fingerprint density at radius 1 is 1.28 bits per heavy atom. The third-order valence-electron chi connectivity index (χ3n) is 6.17. The maximum absolute atomic E-state index is 12.2. The van der Waals surface area contributed by atoms with Crippen molar-refractivity contribution in [1.82, 2.24) is 9.97 Å². The monoisotopic (exact) mass is 434 g/mol. The number of hydrogen-bond donors (Lipinski definition) is 2. The van der Waals surface area contributed by atoms with Gasteiger partial charge >= 0.3 is 0 Å². The maximum Gasteiger partial charge on any atom is 0.227 e. The summed E-state index contributed by atoms with van der Waals surface area (Å²) in [6.45, 7) is 1.79. The van der Waals surface area contributed by atoms with Crippen LogP contribution in [0.1, 0.15) is 43.6 Å². The summed E-state index contributed by atoms with van der Waals surface area (Å²) >= 11 is 6.01. The molecule has 1 atom stereocenters. The first-order valence-electron chi connectivity index (χ1n) is 10.1. The lowest BCUT2D eigenvalue weighted by Gasteiger charge is -2.41. The Morgan fingerprint density at radius 2 is 1.97 bits per heavy atom. The molecule has 1 saturated heterocycles. The van der Waals surface area contributed by atoms with E-state index in [0.29, 0.717) is 22.6 Å². The SMILES string of the molecule is C[S@@](=O)c1cnc(N2CCC(c3ccc(Cl)cc3)CC2)nc1NC1(CO)CCC1. The minimum atomic E-state index is -1.20. The predicted molar refractivity (Wildman–Crippen MR) is 117 cm³/mol. The van der Waals surface area contributed by atoms with Crippen LogP contribution in [0.3, 0.4) is 0 Å². The molecule has 2 fully saturated rings. The molecule has 1 aliphatic heterocycles. The average molecular weight is 435 g/mol. The first-order valence-corrected chi connectivity index (χ1v) is 12.0. The molecule has 156 valence electrons. The highest BCUT2D eigenvalue weighted by Gasteiger charge is 2.37. The van der Waals surface area contributed by atoms with Crippen LogP contribution in [0.4, 0.5) is 11.8 Å². The van der Waals surface area contributed by atoms with Crippen molar-refractivity contribution in [2.24, 2.45) is 0 Å². The molecule has 2 aromatic rings. The Labute approximate surface area is 179 Å². The van der Waals surface area contributed by atoms with Crippen molar-refractivity contribution >= 4 is 34.2 Å². The van der Waals surface area contributed by atoms with Crippen LogP contribution in [0.2, 0.25) is 5.02 Å². The van der Waals surface area contributed by atoms with E-state index in [2.05, 4.69) is 27.3 Å². The second kappa shape index (κ2) is 8.58. The minimum Gasteiger partial charge on any atom is -0.394 e. The number of halogens is 1. The van der Waals surface area contributed by atoms with Crippen LogP contribution in [0, 0.1) is 0 Å². The summed E-state index contributed by atoms with van der Waals surface area (Å²) in [6, 6.07) is 8.12.